The van der Waals surface area contributed by atoms with Gasteiger partial charge < -0.3 is 14.8 Å². The van der Waals surface area contributed by atoms with Crippen LogP contribution in [-0.4, -0.2) is 24.7 Å². The van der Waals surface area contributed by atoms with Crippen molar-refractivity contribution in [1.82, 2.24) is 0 Å². The number of benzene rings is 2. The molecule has 0 aliphatic rings. The zero-order valence-corrected chi connectivity index (χ0v) is 15.8. The van der Waals surface area contributed by atoms with E-state index in [0.717, 1.165) is 11.4 Å². The maximum Gasteiger partial charge on any atom is 0.337 e. The van der Waals surface area contributed by atoms with Crippen molar-refractivity contribution >= 4 is 28.9 Å². The highest BCUT2D eigenvalue weighted by atomic mass is 32.1. The smallest absolute Gasteiger partial charge is 0.337 e. The molecule has 1 N–H and O–H groups in total. The van der Waals surface area contributed by atoms with Crippen LogP contribution in [-0.2, 0) is 4.74 Å². The summed E-state index contributed by atoms with van der Waals surface area (Å²) in [7, 11) is 1.35. The number of ether oxygens (including phenoxy) is 2. The molecular weight excluding hydrogens is 334 g/mol. The van der Waals surface area contributed by atoms with Gasteiger partial charge in [-0.05, 0) is 54.3 Å². The van der Waals surface area contributed by atoms with Gasteiger partial charge in [-0.3, -0.25) is 0 Å². The van der Waals surface area contributed by atoms with Crippen LogP contribution in [0.15, 0.2) is 42.5 Å². The predicted octanol–water partition coefficient (Wildman–Crippen LogP) is 4.72. The fourth-order valence-corrected chi connectivity index (χ4v) is 2.75. The first kappa shape index (κ1) is 18.9. The summed E-state index contributed by atoms with van der Waals surface area (Å²) in [5, 5.41) is 3.07. The van der Waals surface area contributed by atoms with E-state index < -0.39 is 0 Å². The first-order valence-electron chi connectivity index (χ1n) is 8.12. The largest absolute Gasteiger partial charge is 0.486 e. The molecule has 2 aromatic rings. The third-order valence-corrected chi connectivity index (χ3v) is 4.02. The third-order valence-electron chi connectivity index (χ3n) is 3.80. The number of hydrogen-bond acceptors (Lipinski definition) is 4. The number of hydrogen-bond donors (Lipinski definition) is 1. The first-order valence-corrected chi connectivity index (χ1v) is 8.53. The van der Waals surface area contributed by atoms with Gasteiger partial charge in [-0.25, -0.2) is 4.79 Å². The second-order valence-corrected chi connectivity index (χ2v) is 6.58. The number of carbonyl (C=O) groups is 1. The van der Waals surface area contributed by atoms with Crippen molar-refractivity contribution in [3.63, 3.8) is 0 Å². The molecule has 0 radical (unpaired) electrons. The summed E-state index contributed by atoms with van der Waals surface area (Å²) in [5.41, 5.74) is 3.71. The monoisotopic (exact) mass is 357 g/mol. The van der Waals surface area contributed by atoms with Crippen molar-refractivity contribution in [3.8, 4) is 5.75 Å². The minimum atomic E-state index is -0.383. The van der Waals surface area contributed by atoms with Crippen molar-refractivity contribution in [1.29, 1.82) is 0 Å². The van der Waals surface area contributed by atoms with E-state index in [1.165, 1.54) is 18.2 Å². The van der Waals surface area contributed by atoms with Gasteiger partial charge in [0.05, 0.1) is 12.7 Å². The lowest BCUT2D eigenvalue weighted by atomic mass is 9.98. The molecule has 0 heterocycles. The quantitative estimate of drug-likeness (QED) is 0.598. The van der Waals surface area contributed by atoms with Gasteiger partial charge in [-0.2, -0.15) is 0 Å². The van der Waals surface area contributed by atoms with Crippen LogP contribution in [0.1, 0.15) is 41.3 Å². The van der Waals surface area contributed by atoms with Crippen LogP contribution >= 0.6 is 12.2 Å². The fourth-order valence-electron chi connectivity index (χ4n) is 2.57. The Bertz CT molecular complexity index is 771. The van der Waals surface area contributed by atoms with E-state index in [0.29, 0.717) is 16.5 Å². The molecule has 0 spiro atoms. The molecule has 0 unspecified atom stereocenters. The average molecular weight is 357 g/mol. The molecule has 0 aliphatic heterocycles. The third kappa shape index (κ3) is 5.29. The highest BCUT2D eigenvalue weighted by molar-refractivity contribution is 7.80. The van der Waals surface area contributed by atoms with E-state index in [2.05, 4.69) is 32.2 Å². The van der Waals surface area contributed by atoms with E-state index in [1.807, 2.05) is 18.2 Å². The topological polar surface area (TPSA) is 47.6 Å². The van der Waals surface area contributed by atoms with Crippen LogP contribution in [0.5, 0.6) is 5.75 Å². The Hall–Kier alpha value is -2.40. The first-order chi connectivity index (χ1) is 11.9. The standard InChI is InChI=1S/C20H23NO3S/c1-13(2)18-9-8-17(10-14(18)3)24-12-19(25)21-16-7-5-6-15(11-16)20(22)23-4/h5-11,13H,12H2,1-4H3,(H,21,25). The Morgan fingerprint density at radius 1 is 1.20 bits per heavy atom. The highest BCUT2D eigenvalue weighted by Gasteiger charge is 2.08. The maximum atomic E-state index is 11.6. The van der Waals surface area contributed by atoms with E-state index in [4.69, 9.17) is 21.7 Å². The van der Waals surface area contributed by atoms with Crippen molar-refractivity contribution in [2.24, 2.45) is 0 Å². The molecular formula is C20H23NO3S. The number of thiocarbonyl (C=S) groups is 1. The highest BCUT2D eigenvalue weighted by Crippen LogP contribution is 2.23. The van der Waals surface area contributed by atoms with Gasteiger partial charge >= 0.3 is 5.97 Å². The maximum absolute atomic E-state index is 11.6. The molecule has 0 fully saturated rings. The van der Waals surface area contributed by atoms with E-state index in [1.54, 1.807) is 18.2 Å². The molecule has 0 saturated heterocycles. The van der Waals surface area contributed by atoms with Crippen LogP contribution in [0, 0.1) is 6.92 Å². The molecule has 0 aliphatic carbocycles. The zero-order chi connectivity index (χ0) is 18.4. The lowest BCUT2D eigenvalue weighted by Crippen LogP contribution is -2.18. The Morgan fingerprint density at radius 2 is 1.96 bits per heavy atom. The molecule has 0 bridgehead atoms. The molecule has 5 heteroatoms. The fraction of sp³-hybridized carbons (Fsp3) is 0.300. The van der Waals surface area contributed by atoms with Crippen LogP contribution in [0.2, 0.25) is 0 Å². The number of methoxy groups -OCH3 is 1. The van der Waals surface area contributed by atoms with Gasteiger partial charge in [0.25, 0.3) is 0 Å². The van der Waals surface area contributed by atoms with Gasteiger partial charge in [0.15, 0.2) is 0 Å². The number of nitrogens with one attached hydrogen (secondary N) is 1. The van der Waals surface area contributed by atoms with E-state index in [-0.39, 0.29) is 12.6 Å². The zero-order valence-electron chi connectivity index (χ0n) is 15.0. The Morgan fingerprint density at radius 3 is 2.60 bits per heavy atom. The van der Waals surface area contributed by atoms with Gasteiger partial charge in [0, 0.05) is 5.69 Å². The van der Waals surface area contributed by atoms with E-state index >= 15 is 0 Å². The molecule has 132 valence electrons. The number of rotatable bonds is 6. The predicted molar refractivity (Wildman–Crippen MR) is 105 cm³/mol. The van der Waals surface area contributed by atoms with Crippen molar-refractivity contribution < 1.29 is 14.3 Å². The lowest BCUT2D eigenvalue weighted by molar-refractivity contribution is 0.0601. The SMILES string of the molecule is COC(=O)c1cccc(NC(=S)COc2ccc(C(C)C)c(C)c2)c1. The number of aryl methyl sites for hydroxylation is 1. The average Bonchev–Trinajstić information content (AvgIpc) is 2.59. The minimum Gasteiger partial charge on any atom is -0.486 e. The molecule has 0 saturated carbocycles. The second-order valence-electron chi connectivity index (χ2n) is 6.08. The Kier molecular flexibility index (Phi) is 6.53. The molecule has 4 nitrogen and oxygen atoms in total. The van der Waals surface area contributed by atoms with E-state index in [9.17, 15) is 4.79 Å². The van der Waals surface area contributed by atoms with Crippen LogP contribution in [0.4, 0.5) is 5.69 Å². The van der Waals surface area contributed by atoms with Gasteiger partial charge in [-0.15, -0.1) is 0 Å². The summed E-state index contributed by atoms with van der Waals surface area (Å²) >= 11 is 5.32. The second kappa shape index (κ2) is 8.62. The van der Waals surface area contributed by atoms with Gasteiger partial charge in [-0.1, -0.05) is 38.2 Å². The molecule has 0 atom stereocenters. The van der Waals surface area contributed by atoms with Crippen molar-refractivity contribution in [3.05, 3.63) is 59.2 Å². The summed E-state index contributed by atoms with van der Waals surface area (Å²) in [6.45, 7) is 6.68. The number of esters is 1. The molecule has 0 aromatic heterocycles. The van der Waals surface area contributed by atoms with Crippen LogP contribution < -0.4 is 10.1 Å². The van der Waals surface area contributed by atoms with Crippen LogP contribution in [0.3, 0.4) is 0 Å². The summed E-state index contributed by atoms with van der Waals surface area (Å²) in [6, 6.07) is 13.1. The molecule has 2 aromatic carbocycles. The summed E-state index contributed by atoms with van der Waals surface area (Å²) < 4.78 is 10.5. The molecule has 0 amide bonds. The lowest BCUT2D eigenvalue weighted by Gasteiger charge is -2.13. The van der Waals surface area contributed by atoms with Crippen LogP contribution in [0.25, 0.3) is 0 Å². The van der Waals surface area contributed by atoms with Crippen molar-refractivity contribution in [2.75, 3.05) is 19.0 Å². The minimum absolute atomic E-state index is 0.262. The van der Waals surface area contributed by atoms with Crippen molar-refractivity contribution in [2.45, 2.75) is 26.7 Å². The summed E-state index contributed by atoms with van der Waals surface area (Å²) in [4.78, 5) is 12.1. The van der Waals surface area contributed by atoms with Gasteiger partial charge in [0.1, 0.15) is 17.3 Å². The summed E-state index contributed by atoms with van der Waals surface area (Å²) in [6.07, 6.45) is 0. The summed E-state index contributed by atoms with van der Waals surface area (Å²) in [5.74, 6) is 0.889. The Balaban J connectivity index is 1.95. The molecule has 2 rings (SSSR count). The normalized spacial score (nSPS) is 10.4. The molecule has 25 heavy (non-hydrogen) atoms. The number of carbonyl (C=O) groups excluding carboxylic acids is 1. The Labute approximate surface area is 154 Å². The number of anilines is 1. The van der Waals surface area contributed by atoms with Gasteiger partial charge in [0.2, 0.25) is 0 Å².